The Hall–Kier alpha value is -0.900. The third-order valence-electron chi connectivity index (χ3n) is 1.37. The first-order valence-electron chi connectivity index (χ1n) is 3.16. The molecule has 0 atom stereocenters. The molecule has 0 fully saturated rings. The van der Waals surface area contributed by atoms with Gasteiger partial charge in [-0.25, -0.2) is 0 Å². The van der Waals surface area contributed by atoms with E-state index in [1.807, 2.05) is 20.9 Å². The molecule has 0 aliphatic carbocycles. The molecular weight excluding hydrogens is 128 g/mol. The summed E-state index contributed by atoms with van der Waals surface area (Å²) in [5.74, 6) is 0. The number of hydrogen-bond donors (Lipinski definition) is 1. The molecule has 4 nitrogen and oxygen atoms in total. The first-order chi connectivity index (χ1) is 4.52. The van der Waals surface area contributed by atoms with E-state index in [1.165, 1.54) is 0 Å². The highest BCUT2D eigenvalue weighted by Gasteiger charge is 2.17. The summed E-state index contributed by atoms with van der Waals surface area (Å²) in [5, 5.41) is 7.49. The summed E-state index contributed by atoms with van der Waals surface area (Å²) >= 11 is 0. The molecule has 1 aromatic heterocycles. The summed E-state index contributed by atoms with van der Waals surface area (Å²) in [5.41, 5.74) is 6.39. The Morgan fingerprint density at radius 2 is 2.20 bits per heavy atom. The molecule has 0 spiro atoms. The number of nitrogens with two attached hydrogens (primary N) is 1. The molecule has 4 heteroatoms. The molecule has 0 aliphatic heterocycles. The summed E-state index contributed by atoms with van der Waals surface area (Å²) in [6.07, 6.45) is 1.68. The molecule has 0 radical (unpaired) electrons. The van der Waals surface area contributed by atoms with Crippen molar-refractivity contribution >= 4 is 0 Å². The Kier molecular flexibility index (Phi) is 1.48. The van der Waals surface area contributed by atoms with Crippen molar-refractivity contribution in [3.63, 3.8) is 0 Å². The zero-order valence-electron chi connectivity index (χ0n) is 6.50. The summed E-state index contributed by atoms with van der Waals surface area (Å²) in [6, 6.07) is 0. The van der Waals surface area contributed by atoms with E-state index in [2.05, 4.69) is 10.3 Å². The number of aromatic nitrogens is 3. The molecular formula is C6H12N4. The third kappa shape index (κ3) is 1.16. The molecule has 1 rings (SSSR count). The van der Waals surface area contributed by atoms with E-state index >= 15 is 0 Å². The molecule has 0 bridgehead atoms. The minimum Gasteiger partial charge on any atom is -0.321 e. The normalized spacial score (nSPS) is 12.0. The lowest BCUT2D eigenvalue weighted by Crippen LogP contribution is -2.31. The topological polar surface area (TPSA) is 56.7 Å². The van der Waals surface area contributed by atoms with Gasteiger partial charge in [0.15, 0.2) is 0 Å². The van der Waals surface area contributed by atoms with Crippen LogP contribution < -0.4 is 5.73 Å². The Morgan fingerprint density at radius 1 is 1.60 bits per heavy atom. The van der Waals surface area contributed by atoms with E-state index in [9.17, 15) is 0 Å². The van der Waals surface area contributed by atoms with Crippen LogP contribution in [-0.4, -0.2) is 15.0 Å². The number of rotatable bonds is 1. The van der Waals surface area contributed by atoms with Crippen molar-refractivity contribution in [2.75, 3.05) is 0 Å². The second kappa shape index (κ2) is 2.05. The second-order valence-corrected chi connectivity index (χ2v) is 2.96. The van der Waals surface area contributed by atoms with Crippen molar-refractivity contribution in [2.45, 2.75) is 19.4 Å². The Labute approximate surface area is 60.0 Å². The maximum Gasteiger partial charge on any atom is 0.0776 e. The van der Waals surface area contributed by atoms with E-state index in [0.717, 1.165) is 5.69 Å². The number of hydrogen-bond acceptors (Lipinski definition) is 3. The Morgan fingerprint density at radius 3 is 2.40 bits per heavy atom. The first-order valence-corrected chi connectivity index (χ1v) is 3.16. The SMILES string of the molecule is Cn1nncc1C(C)(C)N. The molecule has 2 N–H and O–H groups in total. The lowest BCUT2D eigenvalue weighted by molar-refractivity contribution is 0.495. The lowest BCUT2D eigenvalue weighted by Gasteiger charge is -2.16. The molecule has 0 saturated carbocycles. The van der Waals surface area contributed by atoms with Gasteiger partial charge in [0.25, 0.3) is 0 Å². The van der Waals surface area contributed by atoms with Crippen molar-refractivity contribution in [1.29, 1.82) is 0 Å². The van der Waals surface area contributed by atoms with Crippen LogP contribution in [0, 0.1) is 0 Å². The fourth-order valence-electron chi connectivity index (χ4n) is 0.873. The van der Waals surface area contributed by atoms with Gasteiger partial charge >= 0.3 is 0 Å². The van der Waals surface area contributed by atoms with Crippen LogP contribution in [0.4, 0.5) is 0 Å². The standard InChI is InChI=1S/C6H12N4/c1-6(2,7)5-4-8-9-10(5)3/h4H,7H2,1-3H3. The van der Waals surface area contributed by atoms with Crippen LogP contribution in [0.1, 0.15) is 19.5 Å². The van der Waals surface area contributed by atoms with Gasteiger partial charge in [-0.2, -0.15) is 0 Å². The van der Waals surface area contributed by atoms with Crippen molar-refractivity contribution < 1.29 is 0 Å². The molecule has 0 aromatic carbocycles. The van der Waals surface area contributed by atoms with Crippen LogP contribution in [0.2, 0.25) is 0 Å². The maximum absolute atomic E-state index is 5.80. The predicted octanol–water partition coefficient (Wildman–Crippen LogP) is 0.00890. The zero-order chi connectivity index (χ0) is 7.78. The van der Waals surface area contributed by atoms with Gasteiger partial charge in [0.1, 0.15) is 0 Å². The molecule has 0 aliphatic rings. The van der Waals surface area contributed by atoms with Crippen molar-refractivity contribution in [1.82, 2.24) is 15.0 Å². The largest absolute Gasteiger partial charge is 0.321 e. The van der Waals surface area contributed by atoms with Crippen LogP contribution in [0.15, 0.2) is 6.20 Å². The summed E-state index contributed by atoms with van der Waals surface area (Å²) in [7, 11) is 1.83. The van der Waals surface area contributed by atoms with E-state index in [0.29, 0.717) is 0 Å². The molecule has 1 heterocycles. The van der Waals surface area contributed by atoms with Gasteiger partial charge in [-0.3, -0.25) is 4.68 Å². The van der Waals surface area contributed by atoms with Crippen molar-refractivity contribution in [2.24, 2.45) is 12.8 Å². The molecule has 0 amide bonds. The lowest BCUT2D eigenvalue weighted by atomic mass is 10.0. The van der Waals surface area contributed by atoms with Gasteiger partial charge in [-0.05, 0) is 13.8 Å². The zero-order valence-corrected chi connectivity index (χ0v) is 6.50. The monoisotopic (exact) mass is 140 g/mol. The minimum atomic E-state index is -0.349. The molecule has 0 unspecified atom stereocenters. The molecule has 0 saturated heterocycles. The minimum absolute atomic E-state index is 0.349. The van der Waals surface area contributed by atoms with Crippen LogP contribution in [-0.2, 0) is 12.6 Å². The van der Waals surface area contributed by atoms with Gasteiger partial charge in [0.05, 0.1) is 17.4 Å². The number of nitrogens with zero attached hydrogens (tertiary/aromatic N) is 3. The maximum atomic E-state index is 5.80. The predicted molar refractivity (Wildman–Crippen MR) is 38.2 cm³/mol. The quantitative estimate of drug-likeness (QED) is 0.597. The van der Waals surface area contributed by atoms with Gasteiger partial charge in [0, 0.05) is 7.05 Å². The van der Waals surface area contributed by atoms with E-state index in [4.69, 9.17) is 5.73 Å². The Bertz CT molecular complexity index is 220. The van der Waals surface area contributed by atoms with Crippen LogP contribution >= 0.6 is 0 Å². The summed E-state index contributed by atoms with van der Waals surface area (Å²) < 4.78 is 1.68. The van der Waals surface area contributed by atoms with E-state index in [1.54, 1.807) is 10.9 Å². The van der Waals surface area contributed by atoms with Crippen LogP contribution in [0.25, 0.3) is 0 Å². The molecule has 56 valence electrons. The smallest absolute Gasteiger partial charge is 0.0776 e. The fraction of sp³-hybridized carbons (Fsp3) is 0.667. The van der Waals surface area contributed by atoms with Gasteiger partial charge in [0.2, 0.25) is 0 Å². The third-order valence-corrected chi connectivity index (χ3v) is 1.37. The van der Waals surface area contributed by atoms with Crippen molar-refractivity contribution in [3.05, 3.63) is 11.9 Å². The molecule has 1 aromatic rings. The average molecular weight is 140 g/mol. The summed E-state index contributed by atoms with van der Waals surface area (Å²) in [6.45, 7) is 3.84. The van der Waals surface area contributed by atoms with Crippen LogP contribution in [0.5, 0.6) is 0 Å². The van der Waals surface area contributed by atoms with Gasteiger partial charge in [-0.1, -0.05) is 5.21 Å². The fourth-order valence-corrected chi connectivity index (χ4v) is 0.873. The first kappa shape index (κ1) is 7.21. The Balaban J connectivity index is 3.05. The van der Waals surface area contributed by atoms with E-state index < -0.39 is 0 Å². The summed E-state index contributed by atoms with van der Waals surface area (Å²) in [4.78, 5) is 0. The highest BCUT2D eigenvalue weighted by Crippen LogP contribution is 2.12. The highest BCUT2D eigenvalue weighted by molar-refractivity contribution is 5.06. The molecule has 10 heavy (non-hydrogen) atoms. The number of aryl methyl sites for hydroxylation is 1. The van der Waals surface area contributed by atoms with Gasteiger partial charge < -0.3 is 5.73 Å². The van der Waals surface area contributed by atoms with Crippen LogP contribution in [0.3, 0.4) is 0 Å². The van der Waals surface area contributed by atoms with Gasteiger partial charge in [-0.15, -0.1) is 5.10 Å². The second-order valence-electron chi connectivity index (χ2n) is 2.96. The average Bonchev–Trinajstić information content (AvgIpc) is 2.11. The van der Waals surface area contributed by atoms with Crippen molar-refractivity contribution in [3.8, 4) is 0 Å². The van der Waals surface area contributed by atoms with E-state index in [-0.39, 0.29) is 5.54 Å². The highest BCUT2D eigenvalue weighted by atomic mass is 15.4.